The van der Waals surface area contributed by atoms with Gasteiger partial charge in [0.2, 0.25) is 5.91 Å². The number of aromatic nitrogens is 3. The number of nitrogens with one attached hydrogen (secondary N) is 2. The van der Waals surface area contributed by atoms with Crippen molar-refractivity contribution in [2.45, 2.75) is 17.4 Å². The van der Waals surface area contributed by atoms with Gasteiger partial charge >= 0.3 is 0 Å². The third-order valence-corrected chi connectivity index (χ3v) is 6.15. The maximum atomic E-state index is 13.2. The molecule has 2 N–H and O–H groups in total. The van der Waals surface area contributed by atoms with Gasteiger partial charge < -0.3 is 5.32 Å². The number of pyridine rings is 1. The zero-order chi connectivity index (χ0) is 20.5. The van der Waals surface area contributed by atoms with Crippen LogP contribution in [0, 0.1) is 6.92 Å². The summed E-state index contributed by atoms with van der Waals surface area (Å²) in [6.45, 7) is 1.94. The smallest absolute Gasteiger partial charge is 0.215 e. The van der Waals surface area contributed by atoms with Crippen molar-refractivity contribution in [3.8, 4) is 11.3 Å². The zero-order valence-electron chi connectivity index (χ0n) is 16.8. The number of hydrogen-bond acceptors (Lipinski definition) is 3. The van der Waals surface area contributed by atoms with Crippen LogP contribution < -0.4 is 5.32 Å². The predicted octanol–water partition coefficient (Wildman–Crippen LogP) is -0.126. The van der Waals surface area contributed by atoms with E-state index >= 15 is 0 Å². The van der Waals surface area contributed by atoms with Crippen LogP contribution in [0.3, 0.4) is 0 Å². The molecule has 0 saturated heterocycles. The highest BCUT2D eigenvalue weighted by Crippen LogP contribution is 2.39. The van der Waals surface area contributed by atoms with E-state index in [0.717, 1.165) is 22.4 Å². The number of halogens is 1. The fourth-order valence-electron chi connectivity index (χ4n) is 3.09. The van der Waals surface area contributed by atoms with E-state index in [-0.39, 0.29) is 5.91 Å². The summed E-state index contributed by atoms with van der Waals surface area (Å²) in [6, 6.07) is 11.4. The number of carbonyl (C=O) groups excluding carboxylic acids is 1. The molecule has 2 aromatic heterocycles. The molecule has 1 amide bonds. The van der Waals surface area contributed by atoms with Crippen molar-refractivity contribution in [1.82, 2.24) is 15.2 Å². The molecule has 28 heavy (non-hydrogen) atoms. The molecule has 3 rings (SSSR count). The highest BCUT2D eigenvalue weighted by atomic mass is 35.5. The Hall–Kier alpha value is -2.40. The lowest BCUT2D eigenvalue weighted by atomic mass is 9.28. The summed E-state index contributed by atoms with van der Waals surface area (Å²) in [5.41, 5.74) is 3.69. The van der Waals surface area contributed by atoms with E-state index in [1.807, 2.05) is 59.0 Å². The number of amides is 1. The van der Waals surface area contributed by atoms with Crippen LogP contribution in [-0.2, 0) is 10.0 Å². The lowest BCUT2D eigenvalue weighted by Crippen LogP contribution is -2.50. The molecule has 2 heterocycles. The molecule has 0 fully saturated rings. The third kappa shape index (κ3) is 3.63. The molecule has 0 spiro atoms. The molecule has 10 heteroatoms. The second kappa shape index (κ2) is 7.55. The van der Waals surface area contributed by atoms with E-state index in [1.54, 1.807) is 12.4 Å². The van der Waals surface area contributed by atoms with Gasteiger partial charge in [0.05, 0.1) is 5.69 Å². The standard InChI is InChI=1S/C18H21B4ClN4O/c1-10-14(11-6-8-24-9-7-11)26-27-15(10)25-16(28)18(21,22)17(19,20)12-2-4-13(23)5-3-12/h2-9H,19-22H2,1H3,(H2,25,26,27,28). The minimum absolute atomic E-state index is 0.0829. The fourth-order valence-corrected chi connectivity index (χ4v) is 3.22. The molecule has 0 bridgehead atoms. The Morgan fingerprint density at radius 2 is 1.68 bits per heavy atom. The number of benzene rings is 1. The van der Waals surface area contributed by atoms with E-state index in [9.17, 15) is 4.79 Å². The van der Waals surface area contributed by atoms with Crippen LogP contribution in [0.15, 0.2) is 48.8 Å². The van der Waals surface area contributed by atoms with Crippen molar-refractivity contribution in [3.63, 3.8) is 0 Å². The molecular weight excluding hydrogens is 367 g/mol. The highest BCUT2D eigenvalue weighted by molar-refractivity contribution is 6.62. The first-order valence-corrected chi connectivity index (χ1v) is 9.55. The average Bonchev–Trinajstić information content (AvgIpc) is 3.03. The summed E-state index contributed by atoms with van der Waals surface area (Å²) >= 11 is 6.02. The van der Waals surface area contributed by atoms with Gasteiger partial charge in [-0.3, -0.25) is 14.9 Å². The van der Waals surface area contributed by atoms with Gasteiger partial charge in [-0.2, -0.15) is 5.10 Å². The molecule has 0 aliphatic rings. The Labute approximate surface area is 173 Å². The van der Waals surface area contributed by atoms with E-state index in [2.05, 4.69) is 36.2 Å². The van der Waals surface area contributed by atoms with E-state index in [4.69, 9.17) is 11.6 Å². The summed E-state index contributed by atoms with van der Waals surface area (Å²) in [4.78, 5) is 17.3. The molecule has 5 nitrogen and oxygen atoms in total. The van der Waals surface area contributed by atoms with Crippen molar-refractivity contribution < 1.29 is 4.79 Å². The second-order valence-electron chi connectivity index (χ2n) is 8.02. The molecule has 0 unspecified atom stereocenters. The van der Waals surface area contributed by atoms with Gasteiger partial charge in [0.15, 0.2) is 0 Å². The summed E-state index contributed by atoms with van der Waals surface area (Å²) < 4.78 is 0. The monoisotopic (exact) mass is 388 g/mol. The minimum atomic E-state index is -0.685. The third-order valence-electron chi connectivity index (χ3n) is 5.90. The molecule has 0 saturated carbocycles. The van der Waals surface area contributed by atoms with Gasteiger partial charge in [-0.05, 0) is 36.4 Å². The fraction of sp³-hybridized carbons (Fsp3) is 0.167. The normalized spacial score (nSPS) is 11.9. The number of rotatable bonds is 5. The Kier molecular flexibility index (Phi) is 5.48. The number of nitrogens with zero attached hydrogens (tertiary/aromatic N) is 2. The van der Waals surface area contributed by atoms with Gasteiger partial charge in [-0.15, -0.1) is 0 Å². The summed E-state index contributed by atoms with van der Waals surface area (Å²) in [5.74, 6) is 0.525. The predicted molar refractivity (Wildman–Crippen MR) is 125 cm³/mol. The molecule has 0 radical (unpaired) electrons. The zero-order valence-corrected chi connectivity index (χ0v) is 17.6. The molecular formula is C18H21B4ClN4O. The van der Waals surface area contributed by atoms with Gasteiger partial charge in [0, 0.05) is 28.5 Å². The van der Waals surface area contributed by atoms with Crippen LogP contribution >= 0.6 is 11.6 Å². The summed E-state index contributed by atoms with van der Waals surface area (Å²) in [7, 11) is 8.04. The van der Waals surface area contributed by atoms with Crippen molar-refractivity contribution in [3.05, 3.63) is 64.9 Å². The average molecular weight is 388 g/mol. The van der Waals surface area contributed by atoms with Crippen molar-refractivity contribution in [1.29, 1.82) is 0 Å². The topological polar surface area (TPSA) is 70.7 Å². The Morgan fingerprint density at radius 3 is 2.29 bits per heavy atom. The maximum absolute atomic E-state index is 13.2. The highest BCUT2D eigenvalue weighted by Gasteiger charge is 2.43. The number of aromatic amines is 1. The van der Waals surface area contributed by atoms with E-state index < -0.39 is 10.4 Å². The first kappa shape index (κ1) is 20.3. The van der Waals surface area contributed by atoms with Crippen molar-refractivity contribution in [2.24, 2.45) is 0 Å². The molecule has 0 aliphatic heterocycles. The second-order valence-corrected chi connectivity index (χ2v) is 8.46. The van der Waals surface area contributed by atoms with E-state index in [1.165, 1.54) is 0 Å². The van der Waals surface area contributed by atoms with Crippen LogP contribution in [0.5, 0.6) is 0 Å². The Balaban J connectivity index is 1.86. The SMILES string of the molecule is BC(B)(C(=O)Nc1[nH]nc(-c2ccncc2)c1C)C(B)(B)c1ccc(Cl)cc1. The summed E-state index contributed by atoms with van der Waals surface area (Å²) in [6.07, 6.45) is 3.44. The van der Waals surface area contributed by atoms with Gasteiger partial charge in [0.1, 0.15) is 37.2 Å². The lowest BCUT2D eigenvalue weighted by molar-refractivity contribution is -0.117. The van der Waals surface area contributed by atoms with Gasteiger partial charge in [-0.25, -0.2) is 0 Å². The van der Waals surface area contributed by atoms with Gasteiger partial charge in [-0.1, -0.05) is 34.5 Å². The number of H-pyrrole nitrogens is 1. The molecule has 1 aromatic carbocycles. The van der Waals surface area contributed by atoms with Crippen LogP contribution in [0.4, 0.5) is 5.82 Å². The van der Waals surface area contributed by atoms with Crippen LogP contribution in [0.2, 0.25) is 10.2 Å². The maximum Gasteiger partial charge on any atom is 0.215 e. The van der Waals surface area contributed by atoms with Crippen molar-refractivity contribution in [2.75, 3.05) is 5.32 Å². The lowest BCUT2D eigenvalue weighted by Gasteiger charge is -2.41. The minimum Gasteiger partial charge on any atom is -0.312 e. The Bertz CT molecular complexity index is 991. The first-order chi connectivity index (χ1) is 13.1. The molecule has 0 atom stereocenters. The van der Waals surface area contributed by atoms with Crippen molar-refractivity contribution >= 4 is 54.7 Å². The van der Waals surface area contributed by atoms with E-state index in [0.29, 0.717) is 10.8 Å². The van der Waals surface area contributed by atoms with Crippen LogP contribution in [0.25, 0.3) is 11.3 Å². The molecule has 138 valence electrons. The Morgan fingerprint density at radius 1 is 1.07 bits per heavy atom. The van der Waals surface area contributed by atoms with Gasteiger partial charge in [0.25, 0.3) is 0 Å². The first-order valence-electron chi connectivity index (χ1n) is 9.17. The summed E-state index contributed by atoms with van der Waals surface area (Å²) in [5, 5.41) is 9.93. The number of anilines is 1. The number of carbonyl (C=O) groups is 1. The molecule has 3 aromatic rings. The largest absolute Gasteiger partial charge is 0.312 e. The molecule has 0 aliphatic carbocycles. The van der Waals surface area contributed by atoms with Crippen LogP contribution in [-0.4, -0.2) is 52.5 Å². The van der Waals surface area contributed by atoms with Crippen LogP contribution in [0.1, 0.15) is 11.1 Å². The quantitative estimate of drug-likeness (QED) is 0.599. The number of hydrogen-bond donors (Lipinski definition) is 2.